The molecule has 0 spiro atoms. The zero-order valence-electron chi connectivity index (χ0n) is 72.5. The van der Waals surface area contributed by atoms with Crippen LogP contribution in [0.3, 0.4) is 0 Å². The van der Waals surface area contributed by atoms with Crippen LogP contribution in [0.15, 0.2) is 187 Å². The third-order valence-corrected chi connectivity index (χ3v) is 32.7. The Bertz CT molecular complexity index is 5720. The minimum Gasteiger partial charge on any atom is -0.346 e. The molecule has 5 nitrogen and oxygen atoms in total. The number of halogens is 8. The number of aryl methyl sites for hydroxylation is 1. The second kappa shape index (κ2) is 30.5. The molecule has 15 aliphatic carbocycles. The first-order valence-corrected chi connectivity index (χ1v) is 46.1. The van der Waals surface area contributed by atoms with Gasteiger partial charge in [-0.25, -0.2) is 35.1 Å². The molecule has 8 bridgehead atoms. The summed E-state index contributed by atoms with van der Waals surface area (Å²) in [5, 5.41) is 1.21. The van der Waals surface area contributed by atoms with Crippen molar-refractivity contribution >= 4 is 51.9 Å². The Hall–Kier alpha value is -9.24. The van der Waals surface area contributed by atoms with Gasteiger partial charge in [0.05, 0.1) is 24.2 Å². The van der Waals surface area contributed by atoms with E-state index in [0.717, 1.165) is 112 Å². The van der Waals surface area contributed by atoms with Crippen molar-refractivity contribution in [2.75, 3.05) is 0 Å². The van der Waals surface area contributed by atoms with Crippen LogP contribution >= 0.6 is 0 Å². The average molecular weight is 1660 g/mol. The molecule has 123 heavy (non-hydrogen) atoms. The van der Waals surface area contributed by atoms with Crippen LogP contribution in [0, 0.1) is 70.2 Å². The highest BCUT2D eigenvalue weighted by molar-refractivity contribution is 5.87. The molecule has 8 aromatic carbocycles. The summed E-state index contributed by atoms with van der Waals surface area (Å²) < 4.78 is 127. The standard InChI is InChI=1S/2C28H29F2N.C27H28F2N2.C27H27F2N/c2*1-3-7-17-10-24(29)26(25(30)11-17)27-23-12-19-8-5-6-9-21(19)22(23)13-20(4-2)31(27)28-14-18(15-28)16-28;1-4-7-17-11-21(28)24(22(29)12-17)26-25-20(19-8-5-6-9-23(19)30(25)3)10-16(2)31(26)27-13-18(14-27)15-27;1-3-6-17-10-23(28)25(24(29)11-17)26-22-12-19-7-4-5-8-20(19)21(22)9-16(2)30(26)27-13-18(14-27)15-27/h2*3,5-11,18,20,27H,4,12-16H2,1-2H3;4-9,11-12,16,18,26H,10,13-15H2,1-3H3;3-8,10-11,16,18,26H,9,12-15H2,1-2H3/b2*7-3+;7-4+;6-3+/t2*18?,20-,27+,28?;16-,18?,26-,27?;16-,18?,26+,27?/m1011/s1. The molecule has 0 radical (unpaired) electrons. The van der Waals surface area contributed by atoms with Crippen molar-refractivity contribution in [1.82, 2.24) is 24.2 Å². The van der Waals surface area contributed by atoms with E-state index in [0.29, 0.717) is 34.3 Å². The SMILES string of the molecule is C/C=C/c1cc(F)c([C@@H]2C3=C(C[C@@H](C)N2C24CC(C2)C4)c2ccccc2C3)c(F)c1.C/C=C/c1cc(F)c([C@@H]2C3=C(C[C@@H](CC)N2C24CC(C2)C4)c2ccccc2C3)c(F)c1.C/C=C/c1cc(F)c([C@@H]2c3c(c4ccccc4n3C)C[C@@H](C)N2C23CC(C2)C3)c(F)c1.C/C=C/c1cc(F)c([C@H]2C3=C(C[C@H](CC)N2C24CC(C2)C4)c2ccccc2C3)c(F)c1. The topological polar surface area (TPSA) is 17.9 Å². The van der Waals surface area contributed by atoms with Crippen LogP contribution in [-0.4, -0.2) is 70.5 Å². The smallest absolute Gasteiger partial charge is 0.131 e. The summed E-state index contributed by atoms with van der Waals surface area (Å²) in [7, 11) is 2.05. The first-order chi connectivity index (χ1) is 59.5. The molecule has 0 N–H and O–H groups in total. The van der Waals surface area contributed by atoms with E-state index in [9.17, 15) is 0 Å². The first kappa shape index (κ1) is 80.8. The van der Waals surface area contributed by atoms with Crippen LogP contribution in [0.1, 0.15) is 278 Å². The predicted octanol–water partition coefficient (Wildman–Crippen LogP) is 27.2. The number of para-hydroxylation sites is 1. The van der Waals surface area contributed by atoms with Gasteiger partial charge < -0.3 is 4.57 Å². The van der Waals surface area contributed by atoms with Crippen LogP contribution in [0.25, 0.3) is 51.9 Å². The second-order valence-corrected chi connectivity index (χ2v) is 39.7. The van der Waals surface area contributed by atoms with E-state index in [1.54, 1.807) is 24.3 Å². The van der Waals surface area contributed by atoms with Crippen LogP contribution in [0.5, 0.6) is 0 Å². The van der Waals surface area contributed by atoms with E-state index in [-0.39, 0.29) is 74.6 Å². The number of fused-ring (bicyclic) bond motifs is 9. The normalized spacial score (nSPS) is 31.2. The molecule has 0 unspecified atom stereocenters. The minimum atomic E-state index is -0.444. The number of aromatic nitrogens is 1. The Morgan fingerprint density at radius 3 is 0.935 bits per heavy atom. The van der Waals surface area contributed by atoms with E-state index < -0.39 is 52.6 Å². The molecule has 9 aromatic rings. The lowest BCUT2D eigenvalue weighted by Crippen LogP contribution is -2.71. The molecule has 28 rings (SSSR count). The summed E-state index contributed by atoms with van der Waals surface area (Å²) in [5.41, 5.74) is 22.7. The zero-order valence-corrected chi connectivity index (χ0v) is 72.5. The van der Waals surface area contributed by atoms with Gasteiger partial charge in [-0.3, -0.25) is 19.6 Å². The van der Waals surface area contributed by atoms with Crippen LogP contribution in [-0.2, 0) is 32.7 Å². The van der Waals surface area contributed by atoms with Gasteiger partial charge in [0, 0.05) is 92.2 Å². The number of rotatable bonds is 14. The maximum Gasteiger partial charge on any atom is 0.131 e. The number of benzene rings is 8. The lowest BCUT2D eigenvalue weighted by Gasteiger charge is -2.70. The molecule has 0 saturated heterocycles. The van der Waals surface area contributed by atoms with Gasteiger partial charge in [0.15, 0.2) is 0 Å². The van der Waals surface area contributed by atoms with Crippen molar-refractivity contribution in [3.8, 4) is 0 Å². The summed E-state index contributed by atoms with van der Waals surface area (Å²) in [5.74, 6) is -0.0911. The van der Waals surface area contributed by atoms with E-state index in [2.05, 4.69) is 143 Å². The Labute approximate surface area is 720 Å². The molecule has 4 aliphatic heterocycles. The molecule has 634 valence electrons. The monoisotopic (exact) mass is 1660 g/mol. The van der Waals surface area contributed by atoms with Crippen molar-refractivity contribution in [1.29, 1.82) is 0 Å². The molecule has 5 heterocycles. The van der Waals surface area contributed by atoms with Crippen molar-refractivity contribution < 1.29 is 35.1 Å². The quantitative estimate of drug-likeness (QED) is 0.101. The van der Waals surface area contributed by atoms with Crippen molar-refractivity contribution in [2.45, 2.75) is 261 Å². The third-order valence-electron chi connectivity index (χ3n) is 32.7. The molecule has 12 fully saturated rings. The number of hydrogen-bond donors (Lipinski definition) is 0. The molecular formula is C110H113F8N5. The van der Waals surface area contributed by atoms with Crippen molar-refractivity contribution in [3.63, 3.8) is 0 Å². The first-order valence-electron chi connectivity index (χ1n) is 46.1. The van der Waals surface area contributed by atoms with E-state index >= 15 is 35.1 Å². The molecule has 12 saturated carbocycles. The van der Waals surface area contributed by atoms with Crippen molar-refractivity contribution in [2.24, 2.45) is 30.7 Å². The Kier molecular flexibility index (Phi) is 20.1. The maximum atomic E-state index is 15.6. The fourth-order valence-corrected chi connectivity index (χ4v) is 27.3. The number of hydrogen-bond acceptors (Lipinski definition) is 4. The fraction of sp³-hybridized carbons (Fsp3) is 0.418. The predicted molar refractivity (Wildman–Crippen MR) is 481 cm³/mol. The summed E-state index contributed by atoms with van der Waals surface area (Å²) in [4.78, 5) is 10.1. The van der Waals surface area contributed by atoms with Gasteiger partial charge in [0.2, 0.25) is 0 Å². The lowest BCUT2D eigenvalue weighted by molar-refractivity contribution is -0.176. The van der Waals surface area contributed by atoms with Crippen LogP contribution in [0.2, 0.25) is 0 Å². The summed E-state index contributed by atoms with van der Waals surface area (Å²) in [6, 6.07) is 45.8. The highest BCUT2D eigenvalue weighted by Crippen LogP contribution is 2.70. The summed E-state index contributed by atoms with van der Waals surface area (Å²) >= 11 is 0. The van der Waals surface area contributed by atoms with E-state index in [1.807, 2.05) is 65.1 Å². The average Bonchev–Trinajstić information content (AvgIpc) is 1.04. The van der Waals surface area contributed by atoms with Gasteiger partial charge in [0.1, 0.15) is 46.5 Å². The maximum absolute atomic E-state index is 15.6. The van der Waals surface area contributed by atoms with Gasteiger partial charge in [-0.05, 0) is 349 Å². The number of allylic oxidation sites excluding steroid dienone is 4. The minimum absolute atomic E-state index is 0.101. The zero-order chi connectivity index (χ0) is 84.8. The van der Waals surface area contributed by atoms with Gasteiger partial charge >= 0.3 is 0 Å². The Morgan fingerprint density at radius 2 is 0.618 bits per heavy atom. The van der Waals surface area contributed by atoms with Crippen molar-refractivity contribution in [3.05, 3.63) is 322 Å². The van der Waals surface area contributed by atoms with Crippen LogP contribution < -0.4 is 0 Å². The highest BCUT2D eigenvalue weighted by Gasteiger charge is 2.68. The van der Waals surface area contributed by atoms with Crippen LogP contribution in [0.4, 0.5) is 35.1 Å². The molecular weight excluding hydrogens is 1540 g/mol. The highest BCUT2D eigenvalue weighted by atomic mass is 19.2. The molecule has 13 heteroatoms. The fourth-order valence-electron chi connectivity index (χ4n) is 27.3. The van der Waals surface area contributed by atoms with E-state index in [1.165, 1.54) is 184 Å². The summed E-state index contributed by atoms with van der Waals surface area (Å²) in [6.07, 6.45) is 36.8. The number of nitrogens with zero attached hydrogens (tertiary/aromatic N) is 5. The largest absolute Gasteiger partial charge is 0.346 e. The Morgan fingerprint density at radius 1 is 0.341 bits per heavy atom. The molecule has 19 aliphatic rings. The molecule has 0 amide bonds. The van der Waals surface area contributed by atoms with Gasteiger partial charge in [-0.2, -0.15) is 0 Å². The van der Waals surface area contributed by atoms with Gasteiger partial charge in [-0.15, -0.1) is 0 Å². The van der Waals surface area contributed by atoms with Gasteiger partial charge in [0.25, 0.3) is 0 Å². The second-order valence-electron chi connectivity index (χ2n) is 39.7. The Balaban J connectivity index is 0.000000101. The van der Waals surface area contributed by atoms with E-state index in [4.69, 9.17) is 0 Å². The third kappa shape index (κ3) is 12.6. The molecule has 8 atom stereocenters. The lowest BCUT2D eigenvalue weighted by atomic mass is 9.48. The summed E-state index contributed by atoms with van der Waals surface area (Å²) in [6.45, 7) is 16.4. The molecule has 1 aromatic heterocycles. The van der Waals surface area contributed by atoms with Gasteiger partial charge in [-0.1, -0.05) is 153 Å².